The lowest BCUT2D eigenvalue weighted by Crippen LogP contribution is -2.70. The van der Waals surface area contributed by atoms with Gasteiger partial charge in [-0.25, -0.2) is 9.78 Å². The minimum atomic E-state index is -0.829. The van der Waals surface area contributed by atoms with E-state index in [2.05, 4.69) is 19.1 Å². The van der Waals surface area contributed by atoms with Crippen molar-refractivity contribution in [2.45, 2.75) is 63.6 Å². The molecule has 140 valence electrons. The highest BCUT2D eigenvalue weighted by atomic mass is 17.3. The molecule has 0 N–H and O–H groups in total. The Balaban J connectivity index is 1.55. The Hall–Kier alpha value is -1.43. The summed E-state index contributed by atoms with van der Waals surface area (Å²) in [6.45, 7) is 4.15. The van der Waals surface area contributed by atoms with Gasteiger partial charge in [-0.3, -0.25) is 4.79 Å². The first kappa shape index (κ1) is 16.7. The Morgan fingerprint density at radius 1 is 1.08 bits per heavy atom. The van der Waals surface area contributed by atoms with Crippen molar-refractivity contribution in [2.24, 2.45) is 23.7 Å². The van der Waals surface area contributed by atoms with Gasteiger partial charge in [-0.1, -0.05) is 37.3 Å². The van der Waals surface area contributed by atoms with Gasteiger partial charge in [-0.2, -0.15) is 0 Å². The zero-order valence-electron chi connectivity index (χ0n) is 15.4. The standard InChI is InChI=1S/C21H26O5/c1-13-8-9-17-15(12-14-6-4-3-5-7-14)18(22)23-19-21(17)16(13)10-11-20(2,24-19)25-26-21/h3-7,13,15-17,19H,8-12H2,1-2H3/t13-,15-,16?,17+,19-,20-,21-/m1/s1. The summed E-state index contributed by atoms with van der Waals surface area (Å²) < 4.78 is 12.0. The molecule has 4 aliphatic heterocycles. The Morgan fingerprint density at radius 3 is 2.69 bits per heavy atom. The summed E-state index contributed by atoms with van der Waals surface area (Å²) in [4.78, 5) is 24.8. The molecular formula is C21H26O5. The predicted molar refractivity (Wildman–Crippen MR) is 92.5 cm³/mol. The molecule has 6 rings (SSSR count). The fourth-order valence-electron chi connectivity index (χ4n) is 5.71. The van der Waals surface area contributed by atoms with Crippen LogP contribution in [0.5, 0.6) is 0 Å². The molecular weight excluding hydrogens is 332 g/mol. The lowest BCUT2D eigenvalue weighted by molar-refractivity contribution is -0.559. The van der Waals surface area contributed by atoms with Crippen LogP contribution >= 0.6 is 0 Å². The smallest absolute Gasteiger partial charge is 0.312 e. The summed E-state index contributed by atoms with van der Waals surface area (Å²) in [7, 11) is 0. The van der Waals surface area contributed by atoms with Crippen molar-refractivity contribution >= 4 is 5.97 Å². The van der Waals surface area contributed by atoms with Gasteiger partial charge in [0, 0.05) is 18.3 Å². The molecule has 2 bridgehead atoms. The second-order valence-corrected chi connectivity index (χ2v) is 8.64. The quantitative estimate of drug-likeness (QED) is 0.597. The minimum Gasteiger partial charge on any atom is -0.432 e. The SMILES string of the molecule is C[C@@H]1CC[C@H]2[C@@H](Cc3ccccc3)C(=O)O[C@@H]3O[C@@]4(C)CCC1[C@]32OO4. The molecule has 1 saturated carbocycles. The van der Waals surface area contributed by atoms with E-state index in [9.17, 15) is 4.79 Å². The third kappa shape index (κ3) is 2.30. The predicted octanol–water partition coefficient (Wildman–Crippen LogP) is 3.62. The van der Waals surface area contributed by atoms with E-state index in [0.717, 1.165) is 31.2 Å². The second-order valence-electron chi connectivity index (χ2n) is 8.64. The van der Waals surface area contributed by atoms with Crippen molar-refractivity contribution in [3.8, 4) is 0 Å². The van der Waals surface area contributed by atoms with Gasteiger partial charge in [0.1, 0.15) is 0 Å². The summed E-state index contributed by atoms with van der Waals surface area (Å²) in [5.41, 5.74) is 0.469. The third-order valence-corrected chi connectivity index (χ3v) is 7.09. The van der Waals surface area contributed by atoms with Crippen molar-refractivity contribution in [1.82, 2.24) is 0 Å². The molecule has 5 fully saturated rings. The first-order valence-corrected chi connectivity index (χ1v) is 9.81. The van der Waals surface area contributed by atoms with Crippen molar-refractivity contribution in [3.05, 3.63) is 35.9 Å². The first-order valence-electron chi connectivity index (χ1n) is 9.81. The van der Waals surface area contributed by atoms with Crippen molar-refractivity contribution in [2.75, 3.05) is 0 Å². The number of benzene rings is 1. The molecule has 1 unspecified atom stereocenters. The second kappa shape index (κ2) is 5.78. The van der Waals surface area contributed by atoms with E-state index in [1.165, 1.54) is 0 Å². The maximum Gasteiger partial charge on any atom is 0.312 e. The molecule has 4 saturated heterocycles. The maximum absolute atomic E-state index is 12.9. The molecule has 0 radical (unpaired) electrons. The number of fused-ring (bicyclic) bond motifs is 2. The summed E-state index contributed by atoms with van der Waals surface area (Å²) in [5, 5.41) is 0. The van der Waals surface area contributed by atoms with E-state index in [-0.39, 0.29) is 23.7 Å². The normalized spacial score (nSPS) is 47.0. The van der Waals surface area contributed by atoms with Gasteiger partial charge in [-0.15, -0.1) is 0 Å². The molecule has 1 spiro atoms. The molecule has 1 aromatic rings. The number of hydrogen-bond acceptors (Lipinski definition) is 5. The van der Waals surface area contributed by atoms with Crippen LogP contribution in [0.25, 0.3) is 0 Å². The molecule has 1 aromatic carbocycles. The number of carbonyl (C=O) groups excluding carboxylic acids is 1. The van der Waals surface area contributed by atoms with Gasteiger partial charge >= 0.3 is 5.97 Å². The van der Waals surface area contributed by atoms with E-state index in [0.29, 0.717) is 12.3 Å². The average molecular weight is 358 g/mol. The number of carbonyl (C=O) groups is 1. The molecule has 0 amide bonds. The van der Waals surface area contributed by atoms with Crippen LogP contribution < -0.4 is 0 Å². The van der Waals surface area contributed by atoms with E-state index in [1.54, 1.807) is 0 Å². The lowest BCUT2D eigenvalue weighted by Gasteiger charge is -2.58. The molecule has 5 nitrogen and oxygen atoms in total. The van der Waals surface area contributed by atoms with Crippen molar-refractivity contribution in [1.29, 1.82) is 0 Å². The molecule has 5 aliphatic rings. The van der Waals surface area contributed by atoms with Crippen molar-refractivity contribution < 1.29 is 24.0 Å². The van der Waals surface area contributed by atoms with Crippen LogP contribution in [0.4, 0.5) is 0 Å². The fourth-order valence-corrected chi connectivity index (χ4v) is 5.71. The largest absolute Gasteiger partial charge is 0.432 e. The lowest BCUT2D eigenvalue weighted by atomic mass is 9.57. The highest BCUT2D eigenvalue weighted by molar-refractivity contribution is 5.75. The Bertz CT molecular complexity index is 706. The van der Waals surface area contributed by atoms with Gasteiger partial charge in [0.25, 0.3) is 0 Å². The van der Waals surface area contributed by atoms with Gasteiger partial charge in [0.2, 0.25) is 12.1 Å². The number of hydrogen-bond donors (Lipinski definition) is 0. The summed E-state index contributed by atoms with van der Waals surface area (Å²) in [6.07, 6.45) is 3.77. The fraction of sp³-hybridized carbons (Fsp3) is 0.667. The highest BCUT2D eigenvalue weighted by Crippen LogP contribution is 2.60. The molecule has 7 atom stereocenters. The Labute approximate surface area is 153 Å². The van der Waals surface area contributed by atoms with E-state index in [1.807, 2.05) is 25.1 Å². The van der Waals surface area contributed by atoms with Crippen molar-refractivity contribution in [3.63, 3.8) is 0 Å². The average Bonchev–Trinajstić information content (AvgIpc) is 2.86. The first-order chi connectivity index (χ1) is 12.5. The van der Waals surface area contributed by atoms with E-state index < -0.39 is 17.7 Å². The summed E-state index contributed by atoms with van der Waals surface area (Å²) >= 11 is 0. The molecule has 26 heavy (non-hydrogen) atoms. The topological polar surface area (TPSA) is 54.0 Å². The number of rotatable bonds is 2. The van der Waals surface area contributed by atoms with Crippen LogP contribution in [-0.4, -0.2) is 23.6 Å². The van der Waals surface area contributed by atoms with Gasteiger partial charge < -0.3 is 9.47 Å². The zero-order valence-corrected chi connectivity index (χ0v) is 15.4. The Kier molecular flexibility index (Phi) is 3.72. The van der Waals surface area contributed by atoms with Gasteiger partial charge in [-0.05, 0) is 44.1 Å². The van der Waals surface area contributed by atoms with Crippen LogP contribution in [0.1, 0.15) is 45.1 Å². The number of ether oxygens (including phenoxy) is 2. The third-order valence-electron chi connectivity index (χ3n) is 7.09. The highest BCUT2D eigenvalue weighted by Gasteiger charge is 2.70. The Morgan fingerprint density at radius 2 is 1.88 bits per heavy atom. The summed E-state index contributed by atoms with van der Waals surface area (Å²) in [5.74, 6) is -0.388. The van der Waals surface area contributed by atoms with Crippen LogP contribution in [0.2, 0.25) is 0 Å². The monoisotopic (exact) mass is 358 g/mol. The van der Waals surface area contributed by atoms with E-state index in [4.69, 9.17) is 19.2 Å². The van der Waals surface area contributed by atoms with Gasteiger partial charge in [0.05, 0.1) is 5.92 Å². The number of esters is 1. The molecule has 1 aliphatic carbocycles. The minimum absolute atomic E-state index is 0.0535. The van der Waals surface area contributed by atoms with Crippen LogP contribution in [0.15, 0.2) is 30.3 Å². The van der Waals surface area contributed by atoms with Crippen LogP contribution in [-0.2, 0) is 30.5 Å². The molecule has 0 aromatic heterocycles. The molecule has 4 heterocycles. The van der Waals surface area contributed by atoms with Gasteiger partial charge in [0.15, 0.2) is 5.60 Å². The molecule has 5 heteroatoms. The summed E-state index contributed by atoms with van der Waals surface area (Å²) in [6, 6.07) is 10.2. The van der Waals surface area contributed by atoms with Crippen LogP contribution in [0, 0.1) is 23.7 Å². The van der Waals surface area contributed by atoms with Crippen LogP contribution in [0.3, 0.4) is 0 Å². The maximum atomic E-state index is 12.9. The van der Waals surface area contributed by atoms with E-state index >= 15 is 0 Å². The zero-order chi connectivity index (χ0) is 17.9.